The summed E-state index contributed by atoms with van der Waals surface area (Å²) in [6.07, 6.45) is 3.40. The van der Waals surface area contributed by atoms with Crippen LogP contribution in [0.5, 0.6) is 0 Å². The van der Waals surface area contributed by atoms with Crippen LogP contribution in [0.3, 0.4) is 0 Å². The SMILES string of the molecule is Cc1ccc2nc(-c3ccncc3N)sc2c1. The van der Waals surface area contributed by atoms with Crippen molar-refractivity contribution in [2.24, 2.45) is 0 Å². The number of nitrogens with zero attached hydrogens (tertiary/aromatic N) is 2. The Kier molecular flexibility index (Phi) is 2.30. The lowest BCUT2D eigenvalue weighted by Gasteiger charge is -1.98. The first-order valence-corrected chi connectivity index (χ1v) is 6.13. The number of benzene rings is 1. The van der Waals surface area contributed by atoms with E-state index >= 15 is 0 Å². The summed E-state index contributed by atoms with van der Waals surface area (Å²) in [5.41, 5.74) is 9.80. The minimum atomic E-state index is 0.670. The van der Waals surface area contributed by atoms with Gasteiger partial charge in [0.15, 0.2) is 0 Å². The molecule has 1 aromatic carbocycles. The summed E-state index contributed by atoms with van der Waals surface area (Å²) in [4.78, 5) is 8.59. The molecule has 2 N–H and O–H groups in total. The Bertz CT molecular complexity index is 688. The number of hydrogen-bond donors (Lipinski definition) is 1. The van der Waals surface area contributed by atoms with Crippen molar-refractivity contribution in [1.82, 2.24) is 9.97 Å². The van der Waals surface area contributed by atoms with E-state index in [1.54, 1.807) is 23.7 Å². The van der Waals surface area contributed by atoms with Crippen molar-refractivity contribution in [2.75, 3.05) is 5.73 Å². The minimum Gasteiger partial charge on any atom is -0.397 e. The molecule has 0 atom stereocenters. The third-order valence-electron chi connectivity index (χ3n) is 2.63. The van der Waals surface area contributed by atoms with Crippen molar-refractivity contribution in [3.8, 4) is 10.6 Å². The third kappa shape index (κ3) is 1.76. The molecule has 0 saturated heterocycles. The van der Waals surface area contributed by atoms with Gasteiger partial charge in [0.25, 0.3) is 0 Å². The topological polar surface area (TPSA) is 51.8 Å². The van der Waals surface area contributed by atoms with Crippen molar-refractivity contribution >= 4 is 27.2 Å². The number of hydrogen-bond acceptors (Lipinski definition) is 4. The van der Waals surface area contributed by atoms with Crippen LogP contribution in [0.1, 0.15) is 5.56 Å². The number of nitrogens with two attached hydrogens (primary N) is 1. The second-order valence-electron chi connectivity index (χ2n) is 3.95. The standard InChI is InChI=1S/C13H11N3S/c1-8-2-3-11-12(6-8)17-13(16-11)9-4-5-15-7-10(9)14/h2-7H,14H2,1H3. The Balaban J connectivity index is 2.22. The van der Waals surface area contributed by atoms with Crippen LogP contribution < -0.4 is 5.73 Å². The lowest BCUT2D eigenvalue weighted by molar-refractivity contribution is 1.33. The summed E-state index contributed by atoms with van der Waals surface area (Å²) >= 11 is 1.66. The quantitative estimate of drug-likeness (QED) is 0.711. The van der Waals surface area contributed by atoms with E-state index in [1.165, 1.54) is 10.3 Å². The van der Waals surface area contributed by atoms with Gasteiger partial charge in [0, 0.05) is 11.8 Å². The molecule has 4 heteroatoms. The van der Waals surface area contributed by atoms with Crippen LogP contribution >= 0.6 is 11.3 Å². The number of pyridine rings is 1. The summed E-state index contributed by atoms with van der Waals surface area (Å²) in [7, 11) is 0. The molecular weight excluding hydrogens is 230 g/mol. The van der Waals surface area contributed by atoms with Gasteiger partial charge in [0.2, 0.25) is 0 Å². The van der Waals surface area contributed by atoms with Crippen molar-refractivity contribution in [2.45, 2.75) is 6.92 Å². The summed E-state index contributed by atoms with van der Waals surface area (Å²) in [5.74, 6) is 0. The van der Waals surface area contributed by atoms with E-state index in [1.807, 2.05) is 12.1 Å². The first-order chi connectivity index (χ1) is 8.24. The Morgan fingerprint density at radius 2 is 2.12 bits per heavy atom. The molecule has 0 aliphatic rings. The van der Waals surface area contributed by atoms with E-state index in [0.717, 1.165) is 16.1 Å². The van der Waals surface area contributed by atoms with E-state index in [9.17, 15) is 0 Å². The highest BCUT2D eigenvalue weighted by atomic mass is 32.1. The molecule has 0 bridgehead atoms. The fraction of sp³-hybridized carbons (Fsp3) is 0.0769. The highest BCUT2D eigenvalue weighted by Gasteiger charge is 2.08. The maximum atomic E-state index is 5.91. The molecule has 0 fully saturated rings. The molecule has 3 rings (SSSR count). The van der Waals surface area contributed by atoms with Crippen molar-refractivity contribution in [3.05, 3.63) is 42.2 Å². The summed E-state index contributed by atoms with van der Waals surface area (Å²) < 4.78 is 1.19. The van der Waals surface area contributed by atoms with Crippen LogP contribution in [0.2, 0.25) is 0 Å². The van der Waals surface area contributed by atoms with E-state index in [0.29, 0.717) is 5.69 Å². The fourth-order valence-electron chi connectivity index (χ4n) is 1.75. The monoisotopic (exact) mass is 241 g/mol. The van der Waals surface area contributed by atoms with Gasteiger partial charge < -0.3 is 5.73 Å². The largest absolute Gasteiger partial charge is 0.397 e. The molecular formula is C13H11N3S. The normalized spacial score (nSPS) is 10.9. The Labute approximate surface area is 103 Å². The highest BCUT2D eigenvalue weighted by Crippen LogP contribution is 2.33. The van der Waals surface area contributed by atoms with E-state index in [2.05, 4.69) is 29.0 Å². The Morgan fingerprint density at radius 1 is 1.24 bits per heavy atom. The number of fused-ring (bicyclic) bond motifs is 1. The second kappa shape index (κ2) is 3.82. The average Bonchev–Trinajstić information content (AvgIpc) is 2.72. The van der Waals surface area contributed by atoms with Gasteiger partial charge in [-0.1, -0.05) is 6.07 Å². The van der Waals surface area contributed by atoms with Crippen molar-refractivity contribution < 1.29 is 0 Å². The molecule has 0 aliphatic carbocycles. The number of aryl methyl sites for hydroxylation is 1. The van der Waals surface area contributed by atoms with E-state index < -0.39 is 0 Å². The number of anilines is 1. The molecule has 2 aromatic heterocycles. The molecule has 0 aliphatic heterocycles. The zero-order chi connectivity index (χ0) is 11.8. The predicted octanol–water partition coefficient (Wildman–Crippen LogP) is 3.25. The molecule has 84 valence electrons. The lowest BCUT2D eigenvalue weighted by atomic mass is 10.2. The number of aromatic nitrogens is 2. The summed E-state index contributed by atoms with van der Waals surface area (Å²) in [6.45, 7) is 2.08. The average molecular weight is 241 g/mol. The molecule has 0 amide bonds. The molecule has 0 spiro atoms. The molecule has 3 nitrogen and oxygen atoms in total. The van der Waals surface area contributed by atoms with Gasteiger partial charge in [0.05, 0.1) is 22.1 Å². The summed E-state index contributed by atoms with van der Waals surface area (Å²) in [5, 5.41) is 0.950. The van der Waals surface area contributed by atoms with Crippen LogP contribution in [0.4, 0.5) is 5.69 Å². The smallest absolute Gasteiger partial charge is 0.126 e. The summed E-state index contributed by atoms with van der Waals surface area (Å²) in [6, 6.07) is 8.16. The molecule has 17 heavy (non-hydrogen) atoms. The fourth-order valence-corrected chi connectivity index (χ4v) is 2.86. The molecule has 0 saturated carbocycles. The van der Waals surface area contributed by atoms with Crippen LogP contribution in [0.15, 0.2) is 36.7 Å². The molecule has 2 heterocycles. The number of thiazole rings is 1. The number of nitrogen functional groups attached to an aromatic ring is 1. The maximum absolute atomic E-state index is 5.91. The highest BCUT2D eigenvalue weighted by molar-refractivity contribution is 7.21. The van der Waals surface area contributed by atoms with Crippen LogP contribution in [0, 0.1) is 6.92 Å². The maximum Gasteiger partial charge on any atom is 0.126 e. The zero-order valence-electron chi connectivity index (χ0n) is 9.34. The first-order valence-electron chi connectivity index (χ1n) is 5.31. The van der Waals surface area contributed by atoms with Gasteiger partial charge in [0.1, 0.15) is 5.01 Å². The predicted molar refractivity (Wildman–Crippen MR) is 72.0 cm³/mol. The zero-order valence-corrected chi connectivity index (χ0v) is 10.2. The van der Waals surface area contributed by atoms with Crippen LogP contribution in [-0.4, -0.2) is 9.97 Å². The molecule has 3 aromatic rings. The molecule has 0 unspecified atom stereocenters. The van der Waals surface area contributed by atoms with Crippen molar-refractivity contribution in [3.63, 3.8) is 0 Å². The van der Waals surface area contributed by atoms with Gasteiger partial charge in [-0.3, -0.25) is 4.98 Å². The van der Waals surface area contributed by atoms with Gasteiger partial charge in [-0.05, 0) is 30.7 Å². The number of rotatable bonds is 1. The van der Waals surface area contributed by atoms with Gasteiger partial charge >= 0.3 is 0 Å². The van der Waals surface area contributed by atoms with Gasteiger partial charge in [-0.2, -0.15) is 0 Å². The van der Waals surface area contributed by atoms with E-state index in [4.69, 9.17) is 5.73 Å². The van der Waals surface area contributed by atoms with Crippen LogP contribution in [0.25, 0.3) is 20.8 Å². The minimum absolute atomic E-state index is 0.670. The first kappa shape index (κ1) is 10.2. The lowest BCUT2D eigenvalue weighted by Crippen LogP contribution is -1.89. The third-order valence-corrected chi connectivity index (χ3v) is 3.68. The molecule has 0 radical (unpaired) electrons. The van der Waals surface area contributed by atoms with Gasteiger partial charge in [-0.15, -0.1) is 11.3 Å². The Morgan fingerprint density at radius 3 is 2.94 bits per heavy atom. The van der Waals surface area contributed by atoms with Crippen molar-refractivity contribution in [1.29, 1.82) is 0 Å². The Hall–Kier alpha value is -1.94. The second-order valence-corrected chi connectivity index (χ2v) is 4.98. The van der Waals surface area contributed by atoms with Gasteiger partial charge in [-0.25, -0.2) is 4.98 Å². The van der Waals surface area contributed by atoms with Crippen LogP contribution in [-0.2, 0) is 0 Å². The van der Waals surface area contributed by atoms with E-state index in [-0.39, 0.29) is 0 Å².